The molecule has 1 aromatic rings. The number of primary amides is 1. The van der Waals surface area contributed by atoms with E-state index in [0.717, 1.165) is 0 Å². The molecule has 1 heterocycles. The van der Waals surface area contributed by atoms with E-state index in [2.05, 4.69) is 15.6 Å². The number of hydrogen-bond acceptors (Lipinski definition) is 4. The van der Waals surface area contributed by atoms with E-state index in [1.165, 1.54) is 19.3 Å². The van der Waals surface area contributed by atoms with Crippen molar-refractivity contribution in [2.75, 3.05) is 18.9 Å². The molecule has 0 aromatic carbocycles. The first-order chi connectivity index (χ1) is 8.79. The standard InChI is InChI=1S/C12H17FN4O2/c1-12(2,11(14)19)6-17-10(18)7-4-5-16-9(15-3)8(7)13/h4-5H,6H2,1-3H3,(H2,14,19)(H,15,16)(H,17,18). The number of pyridine rings is 1. The van der Waals surface area contributed by atoms with Crippen molar-refractivity contribution in [3.8, 4) is 0 Å². The average molecular weight is 268 g/mol. The second-order valence-electron chi connectivity index (χ2n) is 4.70. The Hall–Kier alpha value is -2.18. The van der Waals surface area contributed by atoms with Gasteiger partial charge in [0, 0.05) is 19.8 Å². The van der Waals surface area contributed by atoms with Crippen LogP contribution in [-0.4, -0.2) is 30.4 Å². The van der Waals surface area contributed by atoms with Crippen molar-refractivity contribution < 1.29 is 14.0 Å². The molecule has 0 unspecified atom stereocenters. The summed E-state index contributed by atoms with van der Waals surface area (Å²) in [6, 6.07) is 1.27. The summed E-state index contributed by atoms with van der Waals surface area (Å²) in [5.41, 5.74) is 4.15. The fraction of sp³-hybridized carbons (Fsp3) is 0.417. The SMILES string of the molecule is CNc1nccc(C(=O)NCC(C)(C)C(N)=O)c1F. The zero-order chi connectivity index (χ0) is 14.6. The quantitative estimate of drug-likeness (QED) is 0.724. The zero-order valence-corrected chi connectivity index (χ0v) is 11.1. The molecule has 0 spiro atoms. The summed E-state index contributed by atoms with van der Waals surface area (Å²) in [6.45, 7) is 3.22. The number of nitrogens with one attached hydrogen (secondary N) is 2. The molecule has 104 valence electrons. The predicted molar refractivity (Wildman–Crippen MR) is 69.1 cm³/mol. The number of carbonyl (C=O) groups excluding carboxylic acids is 2. The first-order valence-electron chi connectivity index (χ1n) is 5.70. The fourth-order valence-electron chi connectivity index (χ4n) is 1.28. The average Bonchev–Trinajstić information content (AvgIpc) is 2.36. The minimum absolute atomic E-state index is 0.0122. The number of halogens is 1. The maximum absolute atomic E-state index is 13.8. The number of rotatable bonds is 5. The highest BCUT2D eigenvalue weighted by molar-refractivity contribution is 5.95. The Kier molecular flexibility index (Phi) is 4.42. The number of anilines is 1. The highest BCUT2D eigenvalue weighted by Crippen LogP contribution is 2.16. The smallest absolute Gasteiger partial charge is 0.254 e. The summed E-state index contributed by atoms with van der Waals surface area (Å²) in [4.78, 5) is 26.7. The van der Waals surface area contributed by atoms with Crippen molar-refractivity contribution in [2.24, 2.45) is 11.1 Å². The Morgan fingerprint density at radius 3 is 2.63 bits per heavy atom. The van der Waals surface area contributed by atoms with Crippen LogP contribution < -0.4 is 16.4 Å². The number of nitrogens with zero attached hydrogens (tertiary/aromatic N) is 1. The Morgan fingerprint density at radius 1 is 1.47 bits per heavy atom. The van der Waals surface area contributed by atoms with Crippen molar-refractivity contribution in [1.82, 2.24) is 10.3 Å². The van der Waals surface area contributed by atoms with Crippen LogP contribution in [0.25, 0.3) is 0 Å². The van der Waals surface area contributed by atoms with Gasteiger partial charge in [-0.25, -0.2) is 9.37 Å². The highest BCUT2D eigenvalue weighted by atomic mass is 19.1. The lowest BCUT2D eigenvalue weighted by atomic mass is 9.92. The van der Waals surface area contributed by atoms with E-state index in [4.69, 9.17) is 5.73 Å². The normalized spacial score (nSPS) is 10.9. The summed E-state index contributed by atoms with van der Waals surface area (Å²) in [5.74, 6) is -1.91. The summed E-state index contributed by atoms with van der Waals surface area (Å²) < 4.78 is 13.8. The van der Waals surface area contributed by atoms with Gasteiger partial charge in [0.15, 0.2) is 11.6 Å². The molecule has 7 heteroatoms. The Labute approximate surface area is 110 Å². The molecule has 19 heavy (non-hydrogen) atoms. The topological polar surface area (TPSA) is 97.1 Å². The highest BCUT2D eigenvalue weighted by Gasteiger charge is 2.26. The molecule has 4 N–H and O–H groups in total. The van der Waals surface area contributed by atoms with E-state index < -0.39 is 23.0 Å². The molecule has 0 radical (unpaired) electrons. The third kappa shape index (κ3) is 3.40. The van der Waals surface area contributed by atoms with E-state index in [9.17, 15) is 14.0 Å². The summed E-state index contributed by atoms with van der Waals surface area (Å²) >= 11 is 0. The van der Waals surface area contributed by atoms with Crippen molar-refractivity contribution >= 4 is 17.6 Å². The molecule has 1 aromatic heterocycles. The second kappa shape index (κ2) is 5.64. The number of carbonyl (C=O) groups is 2. The van der Waals surface area contributed by atoms with Gasteiger partial charge in [0.05, 0.1) is 11.0 Å². The van der Waals surface area contributed by atoms with Gasteiger partial charge in [-0.3, -0.25) is 9.59 Å². The van der Waals surface area contributed by atoms with E-state index >= 15 is 0 Å². The van der Waals surface area contributed by atoms with Gasteiger partial charge in [0.2, 0.25) is 5.91 Å². The van der Waals surface area contributed by atoms with Crippen molar-refractivity contribution in [3.63, 3.8) is 0 Å². The lowest BCUT2D eigenvalue weighted by Crippen LogP contribution is -2.42. The number of nitrogens with two attached hydrogens (primary N) is 1. The van der Waals surface area contributed by atoms with Crippen LogP contribution in [-0.2, 0) is 4.79 Å². The first kappa shape index (κ1) is 14.9. The van der Waals surface area contributed by atoms with Crippen LogP contribution in [0.4, 0.5) is 10.2 Å². The molecule has 0 saturated carbocycles. The monoisotopic (exact) mass is 268 g/mol. The molecule has 0 aliphatic carbocycles. The Bertz CT molecular complexity index is 503. The molecule has 0 fully saturated rings. The number of amides is 2. The maximum atomic E-state index is 13.8. The van der Waals surface area contributed by atoms with E-state index in [-0.39, 0.29) is 17.9 Å². The Balaban J connectivity index is 2.83. The molecule has 0 aliphatic rings. The Morgan fingerprint density at radius 2 is 2.11 bits per heavy atom. The predicted octanol–water partition coefficient (Wildman–Crippen LogP) is 0.504. The van der Waals surface area contributed by atoms with Gasteiger partial charge in [-0.05, 0) is 19.9 Å². The summed E-state index contributed by atoms with van der Waals surface area (Å²) in [7, 11) is 1.50. The lowest BCUT2D eigenvalue weighted by molar-refractivity contribution is -0.125. The third-order valence-corrected chi connectivity index (χ3v) is 2.73. The van der Waals surface area contributed by atoms with Gasteiger partial charge in [-0.1, -0.05) is 0 Å². The minimum Gasteiger partial charge on any atom is -0.371 e. The first-order valence-corrected chi connectivity index (χ1v) is 5.70. The fourth-order valence-corrected chi connectivity index (χ4v) is 1.28. The van der Waals surface area contributed by atoms with Crippen LogP contribution in [0, 0.1) is 11.2 Å². The van der Waals surface area contributed by atoms with Crippen LogP contribution in [0.2, 0.25) is 0 Å². The van der Waals surface area contributed by atoms with E-state index in [1.807, 2.05) is 0 Å². The maximum Gasteiger partial charge on any atom is 0.254 e. The number of hydrogen-bond donors (Lipinski definition) is 3. The number of aromatic nitrogens is 1. The van der Waals surface area contributed by atoms with E-state index in [1.54, 1.807) is 13.8 Å². The summed E-state index contributed by atoms with van der Waals surface area (Å²) in [5, 5.41) is 5.02. The molecule has 2 amide bonds. The van der Waals surface area contributed by atoms with E-state index in [0.29, 0.717) is 0 Å². The molecule has 0 bridgehead atoms. The van der Waals surface area contributed by atoms with Crippen LogP contribution in [0.15, 0.2) is 12.3 Å². The second-order valence-corrected chi connectivity index (χ2v) is 4.70. The minimum atomic E-state index is -0.898. The van der Waals surface area contributed by atoms with Crippen LogP contribution in [0.1, 0.15) is 24.2 Å². The van der Waals surface area contributed by atoms with Gasteiger partial charge in [-0.2, -0.15) is 0 Å². The molecule has 0 atom stereocenters. The van der Waals surface area contributed by atoms with Gasteiger partial charge < -0.3 is 16.4 Å². The molecular formula is C12H17FN4O2. The molecule has 6 nitrogen and oxygen atoms in total. The van der Waals surface area contributed by atoms with Crippen LogP contribution in [0.3, 0.4) is 0 Å². The lowest BCUT2D eigenvalue weighted by Gasteiger charge is -2.20. The molecule has 0 aliphatic heterocycles. The van der Waals surface area contributed by atoms with Gasteiger partial charge >= 0.3 is 0 Å². The summed E-state index contributed by atoms with van der Waals surface area (Å²) in [6.07, 6.45) is 1.32. The van der Waals surface area contributed by atoms with Crippen LogP contribution >= 0.6 is 0 Å². The third-order valence-electron chi connectivity index (χ3n) is 2.73. The van der Waals surface area contributed by atoms with Crippen molar-refractivity contribution in [3.05, 3.63) is 23.6 Å². The van der Waals surface area contributed by atoms with Crippen molar-refractivity contribution in [2.45, 2.75) is 13.8 Å². The van der Waals surface area contributed by atoms with Gasteiger partial charge in [-0.15, -0.1) is 0 Å². The van der Waals surface area contributed by atoms with Crippen LogP contribution in [0.5, 0.6) is 0 Å². The van der Waals surface area contributed by atoms with Crippen molar-refractivity contribution in [1.29, 1.82) is 0 Å². The zero-order valence-electron chi connectivity index (χ0n) is 11.1. The van der Waals surface area contributed by atoms with Gasteiger partial charge in [0.25, 0.3) is 5.91 Å². The molecular weight excluding hydrogens is 251 g/mol. The molecule has 1 rings (SSSR count). The van der Waals surface area contributed by atoms with Gasteiger partial charge in [0.1, 0.15) is 0 Å². The largest absolute Gasteiger partial charge is 0.371 e. The molecule has 0 saturated heterocycles.